The topological polar surface area (TPSA) is 343 Å². The summed E-state index contributed by atoms with van der Waals surface area (Å²) in [7, 11) is 3.22. The monoisotopic (exact) mass is 2050 g/mol. The molecule has 11 N–H and O–H groups in total. The Hall–Kier alpha value is -11.7. The van der Waals surface area contributed by atoms with Crippen molar-refractivity contribution in [2.75, 3.05) is 104 Å². The normalized spacial score (nSPS) is 19.3. The van der Waals surface area contributed by atoms with Crippen LogP contribution in [0, 0.1) is 40.0 Å². The number of aryl methyl sites for hydroxylation is 5. The Morgan fingerprint density at radius 3 is 1.36 bits per heavy atom. The molecular formula is C121H180N18O10. The van der Waals surface area contributed by atoms with Crippen LogP contribution >= 0.6 is 0 Å². The second-order valence-corrected chi connectivity index (χ2v) is 47.7. The van der Waals surface area contributed by atoms with E-state index in [0.717, 1.165) is 133 Å². The van der Waals surface area contributed by atoms with Crippen molar-refractivity contribution in [2.24, 2.45) is 21.4 Å². The number of hydrogen-bond donors (Lipinski definition) is 9. The molecule has 0 saturated heterocycles. The van der Waals surface area contributed by atoms with Crippen molar-refractivity contribution in [1.82, 2.24) is 45.3 Å². The Balaban J connectivity index is 0.000000181. The van der Waals surface area contributed by atoms with Gasteiger partial charge in [-0.05, 0) is 357 Å². The number of ether oxygens (including phenoxy) is 4. The highest BCUT2D eigenvalue weighted by molar-refractivity contribution is 6.50. The van der Waals surface area contributed by atoms with Crippen LogP contribution in [0.2, 0.25) is 0 Å². The van der Waals surface area contributed by atoms with Crippen LogP contribution in [0.15, 0.2) is 137 Å². The Labute approximate surface area is 889 Å². The fourth-order valence-corrected chi connectivity index (χ4v) is 22.1. The Morgan fingerprint density at radius 1 is 0.497 bits per heavy atom. The average molecular weight is 2050 g/mol. The maximum absolute atomic E-state index is 13.1. The summed E-state index contributed by atoms with van der Waals surface area (Å²) in [5.74, 6) is 12.9. The third-order valence-corrected chi connectivity index (χ3v) is 30.1. The van der Waals surface area contributed by atoms with Gasteiger partial charge in [-0.1, -0.05) is 135 Å². The number of H-pyrrole nitrogens is 1. The molecule has 10 aromatic rings. The van der Waals surface area contributed by atoms with E-state index < -0.39 is 12.2 Å². The average Bonchev–Trinajstić information content (AvgIpc) is 1.66. The molecule has 9 unspecified atom stereocenters. The van der Waals surface area contributed by atoms with Crippen molar-refractivity contribution in [3.63, 3.8) is 0 Å². The molecule has 7 aromatic carbocycles. The number of aliphatic imine (C=N–C) groups is 1. The Bertz CT molecular complexity index is 6180. The second kappa shape index (κ2) is 49.6. The SMILES string of the molecule is CCC(Oc1ccc(OC)cc1)C(=O)NCC(C)c1nc2cc(C(C)(C)C)[nH]n2n1.CCC(Oc1ccc(OC)cc1)C(=O)NCC(C)c1nc2n(n1)N=C(C(C)(C)C)C2=Nc1cc2c(cc1C)N(CCCO)C(C)(C)CC2C.CCCN1c2cc(C)c(ON)cc2C(C)CC1(C)C.Cc1cc2c(cc1N)C(C)CC(C)(C)N2CCCO.Cc1ccc2c(c1)N(CCCO)C(C)(C)CC2C.Cc1ccc2c(c1)NC(C)(C)CC2C. The van der Waals surface area contributed by atoms with E-state index in [4.69, 9.17) is 65.8 Å². The van der Waals surface area contributed by atoms with E-state index in [1.54, 1.807) is 72.2 Å². The molecule has 16 rings (SSSR count). The molecule has 28 heteroatoms. The molecule has 149 heavy (non-hydrogen) atoms. The second-order valence-electron chi connectivity index (χ2n) is 47.7. The van der Waals surface area contributed by atoms with Gasteiger partial charge in [-0.2, -0.15) is 15.6 Å². The number of fused-ring (bicyclic) bond motifs is 7. The molecule has 2 amide bonds. The predicted molar refractivity (Wildman–Crippen MR) is 612 cm³/mol. The van der Waals surface area contributed by atoms with Crippen LogP contribution in [0.3, 0.4) is 0 Å². The first-order valence-electron chi connectivity index (χ1n) is 54.3. The lowest BCUT2D eigenvalue weighted by atomic mass is 9.79. The first kappa shape index (κ1) is 118. The maximum atomic E-state index is 13.1. The van der Waals surface area contributed by atoms with E-state index in [9.17, 15) is 14.7 Å². The van der Waals surface area contributed by atoms with Crippen molar-refractivity contribution in [3.05, 3.63) is 206 Å². The van der Waals surface area contributed by atoms with E-state index in [0.29, 0.717) is 90.2 Å². The summed E-state index contributed by atoms with van der Waals surface area (Å²) < 4.78 is 23.8. The third kappa shape index (κ3) is 29.0. The number of hydrogen-bond acceptors (Lipinski definition) is 23. The quantitative estimate of drug-likeness (QED) is 0.0155. The molecule has 3 aromatic heterocycles. The van der Waals surface area contributed by atoms with E-state index in [1.807, 2.05) is 33.8 Å². The number of nitrogen functional groups attached to an aromatic ring is 1. The zero-order chi connectivity index (χ0) is 110. The predicted octanol–water partition coefficient (Wildman–Crippen LogP) is 23.9. The lowest BCUT2D eigenvalue weighted by Crippen LogP contribution is -2.49. The van der Waals surface area contributed by atoms with Gasteiger partial charge in [0.2, 0.25) is 5.82 Å². The molecule has 0 spiro atoms. The van der Waals surface area contributed by atoms with Gasteiger partial charge in [0.25, 0.3) is 11.8 Å². The molecule has 9 heterocycles. The van der Waals surface area contributed by atoms with Gasteiger partial charge in [0, 0.05) is 155 Å². The number of methoxy groups -OCH3 is 2. The lowest BCUT2D eigenvalue weighted by molar-refractivity contribution is -0.128. The number of aromatic amines is 1. The molecule has 814 valence electrons. The summed E-state index contributed by atoms with van der Waals surface area (Å²) in [6, 6.07) is 43.1. The third-order valence-electron chi connectivity index (χ3n) is 30.1. The highest BCUT2D eigenvalue weighted by Gasteiger charge is 2.43. The minimum absolute atomic E-state index is 0.00117. The molecule has 0 bridgehead atoms. The van der Waals surface area contributed by atoms with Crippen molar-refractivity contribution in [2.45, 2.75) is 372 Å². The first-order valence-corrected chi connectivity index (χ1v) is 54.3. The Kier molecular flexibility index (Phi) is 39.1. The maximum Gasteiger partial charge on any atom is 0.261 e. The van der Waals surface area contributed by atoms with Crippen LogP contribution in [0.1, 0.15) is 371 Å². The standard InChI is InChI=1S/C38H53N7O4.C22H31N5O3.2C16H26N2O.C16H25NO.C13H19N/c1-11-31(49-27-15-13-26(48-10)14-16-27)36(47)39-22-25(4)34-41-35-32(33(37(5,6)7)42-45(35)43-34)40-29-20-28-24(3)21-38(8,9)44(17-12-18-46)30(28)19-23(29)2;1-7-17(30-16-10-8-15(29-6)9-11-16)21(28)23-13-14(2)20-24-19-12-18(22(3,4)5)25-27(19)26-20;1-11-8-15-13(9-14(11)17)12(2)10-16(3,4)18(15)6-5-7-19;1-6-7-18-14-8-11(2)15(19-17)9-13(14)12(3)10-16(18,4)5;1-12-6-7-14-13(2)11-16(3,4)17(8-5-9-18)15(14)10-12;1-9-5-6-11-10(2)8-13(3,4)14-12(11)7-9/h13-16,19-20,24-25,31,46H,11-12,17-18,21-22H2,1-10H3,(H,39,47);8-12,14,17,25H,7,13H2,1-6H3,(H,23,28);8-9,12,19H,5-7,10,17H2,1-4H3;8-9,12H,6-7,10,17H2,1-5H3;6-7,10,13,18H,5,8-9,11H2,1-4H3;5-7,10,14H,8H2,1-4H3. The van der Waals surface area contributed by atoms with Crippen LogP contribution < -0.4 is 71.0 Å². The molecule has 9 atom stereocenters. The van der Waals surface area contributed by atoms with Crippen LogP contribution in [-0.4, -0.2) is 186 Å². The summed E-state index contributed by atoms with van der Waals surface area (Å²) in [5, 5.41) is 54.8. The molecule has 6 aliphatic rings. The van der Waals surface area contributed by atoms with Crippen LogP contribution in [-0.2, 0) is 15.0 Å². The van der Waals surface area contributed by atoms with Crippen LogP contribution in [0.25, 0.3) is 5.65 Å². The fraction of sp³-hybridized carbons (Fsp3) is 0.570. The van der Waals surface area contributed by atoms with E-state index in [2.05, 4.69) is 310 Å². The van der Waals surface area contributed by atoms with Crippen molar-refractivity contribution in [1.29, 1.82) is 0 Å². The number of aromatic nitrogens is 7. The van der Waals surface area contributed by atoms with E-state index >= 15 is 0 Å². The smallest absolute Gasteiger partial charge is 0.261 e. The van der Waals surface area contributed by atoms with Gasteiger partial charge >= 0.3 is 0 Å². The number of nitrogens with two attached hydrogens (primary N) is 2. The summed E-state index contributed by atoms with van der Waals surface area (Å²) in [5.41, 5.74) is 31.1. The first-order chi connectivity index (χ1) is 70.1. The van der Waals surface area contributed by atoms with E-state index in [1.165, 1.54) is 80.2 Å². The number of aliphatic hydroxyl groups is 3. The molecule has 6 aliphatic heterocycles. The summed E-state index contributed by atoms with van der Waals surface area (Å²) >= 11 is 0. The zero-order valence-corrected chi connectivity index (χ0v) is 96.2. The number of anilines is 6. The van der Waals surface area contributed by atoms with Gasteiger partial charge in [0.1, 0.15) is 34.5 Å². The molecule has 28 nitrogen and oxygen atoms in total. The van der Waals surface area contributed by atoms with Gasteiger partial charge in [-0.25, -0.2) is 15.0 Å². The Morgan fingerprint density at radius 2 is 0.913 bits per heavy atom. The number of carbonyl (C=O) groups excluding carboxylic acids is 2. The number of aliphatic hydroxyl groups excluding tert-OH is 3. The number of nitrogens with one attached hydrogen (secondary N) is 4. The molecule has 0 fully saturated rings. The largest absolute Gasteiger partial charge is 0.497 e. The minimum Gasteiger partial charge on any atom is -0.497 e. The minimum atomic E-state index is -0.631. The number of amides is 2. The number of carbonyl (C=O) groups is 2. The van der Waals surface area contributed by atoms with Crippen LogP contribution in [0.4, 0.5) is 39.8 Å². The summed E-state index contributed by atoms with van der Waals surface area (Å²) in [6.45, 7) is 73.0. The molecule has 0 saturated carbocycles. The summed E-state index contributed by atoms with van der Waals surface area (Å²) in [4.78, 5) is 56.9. The highest BCUT2D eigenvalue weighted by atomic mass is 16.6. The lowest BCUT2D eigenvalue weighted by Gasteiger charge is -2.48. The van der Waals surface area contributed by atoms with Crippen molar-refractivity contribution >= 4 is 68.7 Å². The highest BCUT2D eigenvalue weighted by Crippen LogP contribution is 2.51. The number of rotatable bonds is 29. The zero-order valence-electron chi connectivity index (χ0n) is 96.2. The van der Waals surface area contributed by atoms with Gasteiger partial charge in [-0.3, -0.25) is 14.7 Å². The van der Waals surface area contributed by atoms with Crippen molar-refractivity contribution in [3.8, 4) is 28.7 Å². The van der Waals surface area contributed by atoms with E-state index in [-0.39, 0.29) is 82.0 Å². The van der Waals surface area contributed by atoms with Gasteiger partial charge in [0.15, 0.2) is 29.5 Å². The summed E-state index contributed by atoms with van der Waals surface area (Å²) in [6.07, 6.45) is 9.09. The van der Waals surface area contributed by atoms with Crippen molar-refractivity contribution < 1.29 is 48.7 Å². The molecular weight excluding hydrogens is 1870 g/mol. The number of nitrogens with zero attached hydrogens (tertiary/aromatic N) is 12. The van der Waals surface area contributed by atoms with Crippen LogP contribution in [0.5, 0.6) is 28.7 Å². The number of benzene rings is 7. The van der Waals surface area contributed by atoms with Gasteiger partial charge in [-0.15, -0.1) is 15.0 Å². The van der Waals surface area contributed by atoms with Gasteiger partial charge < -0.3 is 80.4 Å². The molecule has 0 radical (unpaired) electrons. The fourth-order valence-electron chi connectivity index (χ4n) is 22.1. The molecule has 0 aliphatic carbocycles. The van der Waals surface area contributed by atoms with Gasteiger partial charge in [0.05, 0.1) is 25.6 Å².